The summed E-state index contributed by atoms with van der Waals surface area (Å²) in [5.41, 5.74) is 4.08. The third-order valence-corrected chi connectivity index (χ3v) is 6.96. The number of anilines is 1. The topological polar surface area (TPSA) is 48.9 Å². The summed E-state index contributed by atoms with van der Waals surface area (Å²) in [6.07, 6.45) is 5.98. The molecule has 2 aliphatic rings. The zero-order chi connectivity index (χ0) is 25.8. The molecule has 3 heterocycles. The fourth-order valence-electron chi connectivity index (χ4n) is 4.89. The molecule has 2 aromatic carbocycles. The highest BCUT2D eigenvalue weighted by atomic mass is 19.1. The first-order chi connectivity index (χ1) is 18.0. The average Bonchev–Trinajstić information content (AvgIpc) is 2.95. The number of carbonyl (C=O) groups excluding carboxylic acids is 1. The van der Waals surface area contributed by atoms with E-state index in [2.05, 4.69) is 41.2 Å². The molecule has 0 aliphatic carbocycles. The summed E-state index contributed by atoms with van der Waals surface area (Å²) < 4.78 is 18.9. The molecular formula is C30H31FN4O2. The van der Waals surface area contributed by atoms with E-state index in [0.717, 1.165) is 34.0 Å². The summed E-state index contributed by atoms with van der Waals surface area (Å²) in [6, 6.07) is 20.4. The van der Waals surface area contributed by atoms with Gasteiger partial charge < -0.3 is 19.4 Å². The molecule has 1 aromatic heterocycles. The molecule has 1 fully saturated rings. The van der Waals surface area contributed by atoms with Crippen molar-refractivity contribution in [3.63, 3.8) is 0 Å². The first kappa shape index (κ1) is 24.6. The van der Waals surface area contributed by atoms with Crippen LogP contribution in [-0.2, 0) is 4.79 Å². The first-order valence-electron chi connectivity index (χ1n) is 12.6. The molecule has 0 radical (unpaired) electrons. The van der Waals surface area contributed by atoms with Crippen molar-refractivity contribution in [3.8, 4) is 5.75 Å². The number of methoxy groups -OCH3 is 1. The molecule has 0 bridgehead atoms. The maximum atomic E-state index is 13.6. The van der Waals surface area contributed by atoms with Crippen molar-refractivity contribution in [2.75, 3.05) is 44.7 Å². The minimum absolute atomic E-state index is 0.0735. The number of ether oxygens (including phenoxy) is 1. The summed E-state index contributed by atoms with van der Waals surface area (Å²) in [6.45, 7) is 5.03. The van der Waals surface area contributed by atoms with Crippen LogP contribution in [0.1, 0.15) is 18.1 Å². The number of piperazine rings is 1. The van der Waals surface area contributed by atoms with Crippen molar-refractivity contribution in [3.05, 3.63) is 102 Å². The van der Waals surface area contributed by atoms with Crippen LogP contribution in [0, 0.1) is 11.7 Å². The molecule has 1 saturated heterocycles. The number of aromatic nitrogens is 1. The third-order valence-electron chi connectivity index (χ3n) is 6.96. The number of nitrogens with zero attached hydrogens (tertiary/aromatic N) is 4. The minimum atomic E-state index is -0.261. The maximum absolute atomic E-state index is 13.6. The van der Waals surface area contributed by atoms with Gasteiger partial charge in [-0.1, -0.05) is 55.5 Å². The van der Waals surface area contributed by atoms with E-state index in [9.17, 15) is 9.18 Å². The Bertz CT molecular complexity index is 1300. The van der Waals surface area contributed by atoms with Gasteiger partial charge in [-0.15, -0.1) is 0 Å². The van der Waals surface area contributed by atoms with Gasteiger partial charge in [0.2, 0.25) is 5.91 Å². The molecule has 0 saturated carbocycles. The Hall–Kier alpha value is -4.13. The van der Waals surface area contributed by atoms with Gasteiger partial charge in [-0.25, -0.2) is 9.37 Å². The number of halogens is 1. The number of benzene rings is 2. The van der Waals surface area contributed by atoms with E-state index < -0.39 is 0 Å². The molecule has 5 rings (SSSR count). The third kappa shape index (κ3) is 5.50. The molecule has 0 spiro atoms. The summed E-state index contributed by atoms with van der Waals surface area (Å²) in [5.74, 6) is 1.56. The highest BCUT2D eigenvalue weighted by Gasteiger charge is 2.27. The van der Waals surface area contributed by atoms with Crippen LogP contribution in [0.4, 0.5) is 10.2 Å². The van der Waals surface area contributed by atoms with Crippen LogP contribution in [0.25, 0.3) is 11.3 Å². The molecule has 3 aromatic rings. The fraction of sp³-hybridized carbons (Fsp3) is 0.267. The van der Waals surface area contributed by atoms with Crippen LogP contribution >= 0.6 is 0 Å². The van der Waals surface area contributed by atoms with E-state index in [0.29, 0.717) is 26.2 Å². The van der Waals surface area contributed by atoms with Crippen LogP contribution in [0.2, 0.25) is 0 Å². The maximum Gasteiger partial charge on any atom is 0.242 e. The lowest BCUT2D eigenvalue weighted by atomic mass is 9.90. The van der Waals surface area contributed by atoms with E-state index in [-0.39, 0.29) is 24.2 Å². The van der Waals surface area contributed by atoms with Gasteiger partial charge in [-0.05, 0) is 34.9 Å². The number of hydrogen-bond donors (Lipinski definition) is 0. The summed E-state index contributed by atoms with van der Waals surface area (Å²) in [5, 5.41) is 0. The molecule has 37 heavy (non-hydrogen) atoms. The smallest absolute Gasteiger partial charge is 0.242 e. The lowest BCUT2D eigenvalue weighted by molar-refractivity contribution is -0.131. The SMILES string of the molecule is COc1ccnc(N2CCN(C(=O)CN3C=C(c4ccc(F)cc4)C(C)C=C3c3ccccc3)CC2)c1. The van der Waals surface area contributed by atoms with Crippen molar-refractivity contribution in [1.29, 1.82) is 0 Å². The minimum Gasteiger partial charge on any atom is -0.497 e. The van der Waals surface area contributed by atoms with Crippen LogP contribution < -0.4 is 9.64 Å². The van der Waals surface area contributed by atoms with Gasteiger partial charge in [-0.2, -0.15) is 0 Å². The highest BCUT2D eigenvalue weighted by Crippen LogP contribution is 2.35. The normalized spacial score (nSPS) is 17.8. The van der Waals surface area contributed by atoms with E-state index in [1.807, 2.05) is 40.1 Å². The largest absolute Gasteiger partial charge is 0.497 e. The predicted molar refractivity (Wildman–Crippen MR) is 144 cm³/mol. The van der Waals surface area contributed by atoms with Crippen molar-refractivity contribution in [2.24, 2.45) is 5.92 Å². The van der Waals surface area contributed by atoms with Gasteiger partial charge in [-0.3, -0.25) is 4.79 Å². The van der Waals surface area contributed by atoms with Gasteiger partial charge in [0.25, 0.3) is 0 Å². The van der Waals surface area contributed by atoms with Crippen molar-refractivity contribution in [1.82, 2.24) is 14.8 Å². The second-order valence-electron chi connectivity index (χ2n) is 9.35. The quantitative estimate of drug-likeness (QED) is 0.483. The molecular weight excluding hydrogens is 467 g/mol. The van der Waals surface area contributed by atoms with E-state index >= 15 is 0 Å². The number of pyridine rings is 1. The molecule has 7 heteroatoms. The van der Waals surface area contributed by atoms with Crippen molar-refractivity contribution < 1.29 is 13.9 Å². The Morgan fingerprint density at radius 2 is 1.73 bits per heavy atom. The fourth-order valence-corrected chi connectivity index (χ4v) is 4.89. The summed E-state index contributed by atoms with van der Waals surface area (Å²) >= 11 is 0. The van der Waals surface area contributed by atoms with Crippen molar-refractivity contribution in [2.45, 2.75) is 6.92 Å². The zero-order valence-electron chi connectivity index (χ0n) is 21.2. The molecule has 1 atom stereocenters. The molecule has 2 aliphatic heterocycles. The standard InChI is InChI=1S/C30H31FN4O2/c1-22-18-28(24-6-4-3-5-7-24)35(20-27(22)23-8-10-25(31)11-9-23)21-30(36)34-16-14-33(15-17-34)29-19-26(37-2)12-13-32-29/h3-13,18-20,22H,14-17,21H2,1-2H3. The lowest BCUT2D eigenvalue weighted by Crippen LogP contribution is -2.51. The Morgan fingerprint density at radius 3 is 2.43 bits per heavy atom. The molecule has 1 unspecified atom stereocenters. The number of allylic oxidation sites excluding steroid dienone is 2. The Kier molecular flexibility index (Phi) is 7.21. The van der Waals surface area contributed by atoms with Gasteiger partial charge >= 0.3 is 0 Å². The number of amides is 1. The van der Waals surface area contributed by atoms with Crippen LogP contribution in [0.5, 0.6) is 5.75 Å². The van der Waals surface area contributed by atoms with Crippen LogP contribution in [0.15, 0.2) is 85.2 Å². The number of rotatable bonds is 6. The van der Waals surface area contributed by atoms with E-state index in [1.165, 1.54) is 12.1 Å². The van der Waals surface area contributed by atoms with Crippen LogP contribution in [0.3, 0.4) is 0 Å². The zero-order valence-corrected chi connectivity index (χ0v) is 21.2. The molecule has 190 valence electrons. The van der Waals surface area contributed by atoms with Crippen molar-refractivity contribution >= 4 is 23.0 Å². The molecule has 6 nitrogen and oxygen atoms in total. The van der Waals surface area contributed by atoms with E-state index in [4.69, 9.17) is 4.74 Å². The van der Waals surface area contributed by atoms with Gasteiger partial charge in [0.15, 0.2) is 0 Å². The second kappa shape index (κ2) is 10.9. The predicted octanol–water partition coefficient (Wildman–Crippen LogP) is 4.91. The Morgan fingerprint density at radius 1 is 1.00 bits per heavy atom. The molecule has 0 N–H and O–H groups in total. The highest BCUT2D eigenvalue weighted by molar-refractivity contribution is 5.84. The Labute approximate surface area is 217 Å². The van der Waals surface area contributed by atoms with Gasteiger partial charge in [0.05, 0.1) is 7.11 Å². The van der Waals surface area contributed by atoms with Gasteiger partial charge in [0, 0.05) is 56.3 Å². The number of carbonyl (C=O) groups is 1. The molecule has 1 amide bonds. The number of hydrogen-bond acceptors (Lipinski definition) is 5. The van der Waals surface area contributed by atoms with Gasteiger partial charge in [0.1, 0.15) is 23.9 Å². The Balaban J connectivity index is 1.33. The van der Waals surface area contributed by atoms with E-state index in [1.54, 1.807) is 25.4 Å². The van der Waals surface area contributed by atoms with Crippen LogP contribution in [-0.4, -0.2) is 60.5 Å². The lowest BCUT2D eigenvalue weighted by Gasteiger charge is -2.37. The monoisotopic (exact) mass is 498 g/mol. The average molecular weight is 499 g/mol. The summed E-state index contributed by atoms with van der Waals surface area (Å²) in [4.78, 5) is 24.1. The second-order valence-corrected chi connectivity index (χ2v) is 9.35. The first-order valence-corrected chi connectivity index (χ1v) is 12.6. The summed E-state index contributed by atoms with van der Waals surface area (Å²) in [7, 11) is 1.64.